The molecule has 0 aromatic heterocycles. The number of hydrogen-bond acceptors (Lipinski definition) is 5. The summed E-state index contributed by atoms with van der Waals surface area (Å²) in [5, 5.41) is 5.59. The SMILES string of the molecule is CC(C)C[C@H](NC(=O)Cc1ccccc1)C(=O)N1CC(=O)C(NC(=O)c2ccc(Oc3ccccc3)cc2)C1. The van der Waals surface area contributed by atoms with Gasteiger partial charge < -0.3 is 20.3 Å². The molecule has 1 saturated heterocycles. The van der Waals surface area contributed by atoms with Crippen LogP contribution in [0.1, 0.15) is 36.2 Å². The lowest BCUT2D eigenvalue weighted by Crippen LogP contribution is -2.49. The number of ether oxygens (including phenoxy) is 1. The fourth-order valence-corrected chi connectivity index (χ4v) is 4.46. The van der Waals surface area contributed by atoms with Crippen LogP contribution in [-0.4, -0.2) is 53.6 Å². The van der Waals surface area contributed by atoms with Gasteiger partial charge >= 0.3 is 0 Å². The standard InChI is InChI=1S/C31H33N3O5/c1-21(2)17-26(32-29(36)18-22-9-5-3-6-10-22)31(38)34-19-27(28(35)20-34)33-30(37)23-13-15-25(16-14-23)39-24-11-7-4-8-12-24/h3-16,21,26-27H,17-20H2,1-2H3,(H,32,36)(H,33,37)/t26-,27?/m0/s1. The van der Waals surface area contributed by atoms with Crippen LogP contribution in [0.5, 0.6) is 11.5 Å². The number of nitrogens with one attached hydrogen (secondary N) is 2. The first-order valence-electron chi connectivity index (χ1n) is 13.1. The average molecular weight is 528 g/mol. The van der Waals surface area contributed by atoms with E-state index in [1.807, 2.05) is 74.5 Å². The van der Waals surface area contributed by atoms with Crippen molar-refractivity contribution in [3.8, 4) is 11.5 Å². The predicted octanol–water partition coefficient (Wildman–Crippen LogP) is 3.76. The summed E-state index contributed by atoms with van der Waals surface area (Å²) >= 11 is 0. The van der Waals surface area contributed by atoms with Crippen molar-refractivity contribution in [1.29, 1.82) is 0 Å². The number of carbonyl (C=O) groups excluding carboxylic acids is 4. The molecule has 39 heavy (non-hydrogen) atoms. The minimum Gasteiger partial charge on any atom is -0.457 e. The number of rotatable bonds is 10. The van der Waals surface area contributed by atoms with E-state index in [1.165, 1.54) is 4.90 Å². The van der Waals surface area contributed by atoms with E-state index >= 15 is 0 Å². The van der Waals surface area contributed by atoms with Crippen LogP contribution >= 0.6 is 0 Å². The van der Waals surface area contributed by atoms with Crippen LogP contribution in [0.4, 0.5) is 0 Å². The van der Waals surface area contributed by atoms with Crippen LogP contribution in [0.3, 0.4) is 0 Å². The normalized spacial score (nSPS) is 15.6. The lowest BCUT2D eigenvalue weighted by Gasteiger charge is -2.25. The first kappa shape index (κ1) is 27.6. The largest absolute Gasteiger partial charge is 0.457 e. The Balaban J connectivity index is 1.34. The molecule has 4 rings (SSSR count). The van der Waals surface area contributed by atoms with Gasteiger partial charge in [-0.3, -0.25) is 19.2 Å². The molecular formula is C31H33N3O5. The van der Waals surface area contributed by atoms with Gasteiger partial charge in [0.25, 0.3) is 5.91 Å². The van der Waals surface area contributed by atoms with E-state index in [0.29, 0.717) is 23.5 Å². The van der Waals surface area contributed by atoms with Gasteiger partial charge in [-0.05, 0) is 54.3 Å². The molecule has 0 bridgehead atoms. The molecule has 0 saturated carbocycles. The molecule has 1 fully saturated rings. The Kier molecular flexibility index (Phi) is 9.10. The van der Waals surface area contributed by atoms with Crippen LogP contribution < -0.4 is 15.4 Å². The molecule has 1 aliphatic heterocycles. The highest BCUT2D eigenvalue weighted by Gasteiger charge is 2.37. The maximum atomic E-state index is 13.3. The first-order valence-corrected chi connectivity index (χ1v) is 13.1. The van der Waals surface area contributed by atoms with Crippen molar-refractivity contribution in [3.63, 3.8) is 0 Å². The molecule has 3 amide bonds. The van der Waals surface area contributed by atoms with Gasteiger partial charge in [-0.1, -0.05) is 62.4 Å². The maximum absolute atomic E-state index is 13.3. The van der Waals surface area contributed by atoms with Gasteiger partial charge in [-0.2, -0.15) is 0 Å². The summed E-state index contributed by atoms with van der Waals surface area (Å²) < 4.78 is 5.75. The van der Waals surface area contributed by atoms with Gasteiger partial charge in [-0.25, -0.2) is 0 Å². The average Bonchev–Trinajstić information content (AvgIpc) is 3.29. The predicted molar refractivity (Wildman–Crippen MR) is 147 cm³/mol. The molecule has 0 radical (unpaired) electrons. The molecule has 2 N–H and O–H groups in total. The molecule has 1 aliphatic rings. The molecule has 2 atom stereocenters. The van der Waals surface area contributed by atoms with E-state index in [0.717, 1.165) is 5.56 Å². The molecule has 0 aliphatic carbocycles. The van der Waals surface area contributed by atoms with E-state index in [4.69, 9.17) is 4.74 Å². The Morgan fingerprint density at radius 3 is 2.15 bits per heavy atom. The van der Waals surface area contributed by atoms with Crippen molar-refractivity contribution < 1.29 is 23.9 Å². The molecule has 8 nitrogen and oxygen atoms in total. The molecule has 8 heteroatoms. The number of benzene rings is 3. The maximum Gasteiger partial charge on any atom is 0.251 e. The fourth-order valence-electron chi connectivity index (χ4n) is 4.46. The molecule has 1 unspecified atom stereocenters. The summed E-state index contributed by atoms with van der Waals surface area (Å²) in [6.45, 7) is 3.88. The Morgan fingerprint density at radius 2 is 1.51 bits per heavy atom. The van der Waals surface area contributed by atoms with E-state index in [2.05, 4.69) is 10.6 Å². The number of amides is 3. The van der Waals surface area contributed by atoms with E-state index in [9.17, 15) is 19.2 Å². The molecule has 0 spiro atoms. The van der Waals surface area contributed by atoms with Crippen molar-refractivity contribution in [2.45, 2.75) is 38.8 Å². The third kappa shape index (κ3) is 7.77. The fraction of sp³-hybridized carbons (Fsp3) is 0.290. The number of likely N-dealkylation sites (tertiary alicyclic amines) is 1. The quantitative estimate of drug-likeness (QED) is 0.418. The zero-order valence-electron chi connectivity index (χ0n) is 22.1. The Hall–Kier alpha value is -4.46. The highest BCUT2D eigenvalue weighted by atomic mass is 16.5. The number of ketones is 1. The number of carbonyl (C=O) groups is 4. The number of para-hydroxylation sites is 1. The van der Waals surface area contributed by atoms with E-state index < -0.39 is 18.0 Å². The highest BCUT2D eigenvalue weighted by molar-refractivity contribution is 6.01. The van der Waals surface area contributed by atoms with Gasteiger partial charge in [0.15, 0.2) is 5.78 Å². The summed E-state index contributed by atoms with van der Waals surface area (Å²) in [6.07, 6.45) is 0.605. The molecule has 3 aromatic carbocycles. The monoisotopic (exact) mass is 527 g/mol. The summed E-state index contributed by atoms with van der Waals surface area (Å²) in [5.74, 6) is 0.176. The van der Waals surface area contributed by atoms with Crippen molar-refractivity contribution in [3.05, 3.63) is 96.1 Å². The van der Waals surface area contributed by atoms with Crippen LogP contribution in [0.2, 0.25) is 0 Å². The second-order valence-corrected chi connectivity index (χ2v) is 10.1. The zero-order valence-corrected chi connectivity index (χ0v) is 22.1. The van der Waals surface area contributed by atoms with E-state index in [-0.39, 0.29) is 43.0 Å². The van der Waals surface area contributed by atoms with Crippen molar-refractivity contribution in [1.82, 2.24) is 15.5 Å². The summed E-state index contributed by atoms with van der Waals surface area (Å²) in [6, 6.07) is 23.6. The Bertz CT molecular complexity index is 1290. The zero-order chi connectivity index (χ0) is 27.8. The lowest BCUT2D eigenvalue weighted by molar-refractivity contribution is -0.136. The summed E-state index contributed by atoms with van der Waals surface area (Å²) in [7, 11) is 0. The summed E-state index contributed by atoms with van der Waals surface area (Å²) in [4.78, 5) is 53.0. The highest BCUT2D eigenvalue weighted by Crippen LogP contribution is 2.21. The van der Waals surface area contributed by atoms with E-state index in [1.54, 1.807) is 24.3 Å². The number of nitrogens with zero attached hydrogens (tertiary/aromatic N) is 1. The topological polar surface area (TPSA) is 105 Å². The minimum absolute atomic E-state index is 0.0573. The smallest absolute Gasteiger partial charge is 0.251 e. The summed E-state index contributed by atoms with van der Waals surface area (Å²) in [5.41, 5.74) is 1.23. The van der Waals surface area contributed by atoms with Crippen LogP contribution in [0, 0.1) is 5.92 Å². The molecule has 1 heterocycles. The van der Waals surface area contributed by atoms with Crippen LogP contribution in [-0.2, 0) is 20.8 Å². The minimum atomic E-state index is -0.818. The van der Waals surface area contributed by atoms with Gasteiger partial charge in [0, 0.05) is 12.1 Å². The third-order valence-electron chi connectivity index (χ3n) is 6.40. The number of Topliss-reactive ketones (excluding diaryl/α,β-unsaturated/α-hetero) is 1. The Morgan fingerprint density at radius 1 is 0.897 bits per heavy atom. The van der Waals surface area contributed by atoms with Crippen molar-refractivity contribution in [2.24, 2.45) is 5.92 Å². The molecular weight excluding hydrogens is 494 g/mol. The van der Waals surface area contributed by atoms with Crippen molar-refractivity contribution >= 4 is 23.5 Å². The van der Waals surface area contributed by atoms with Crippen molar-refractivity contribution in [2.75, 3.05) is 13.1 Å². The van der Waals surface area contributed by atoms with Gasteiger partial charge in [0.1, 0.15) is 23.6 Å². The molecule has 3 aromatic rings. The molecule has 202 valence electrons. The lowest BCUT2D eigenvalue weighted by atomic mass is 10.0. The van der Waals surface area contributed by atoms with Gasteiger partial charge in [-0.15, -0.1) is 0 Å². The first-order chi connectivity index (χ1) is 18.8. The van der Waals surface area contributed by atoms with Gasteiger partial charge in [0.05, 0.1) is 13.0 Å². The Labute approximate surface area is 228 Å². The van der Waals surface area contributed by atoms with Crippen LogP contribution in [0.15, 0.2) is 84.9 Å². The second-order valence-electron chi connectivity index (χ2n) is 10.1. The van der Waals surface area contributed by atoms with Gasteiger partial charge in [0.2, 0.25) is 11.8 Å². The number of hydrogen-bond donors (Lipinski definition) is 2. The van der Waals surface area contributed by atoms with Crippen LogP contribution in [0.25, 0.3) is 0 Å². The third-order valence-corrected chi connectivity index (χ3v) is 6.40. The second kappa shape index (κ2) is 12.9.